The van der Waals surface area contributed by atoms with Crippen molar-refractivity contribution in [2.45, 2.75) is 6.54 Å². The van der Waals surface area contributed by atoms with Crippen molar-refractivity contribution in [2.24, 2.45) is 5.73 Å². The maximum Gasteiger partial charge on any atom is 0.274 e. The first-order chi connectivity index (χ1) is 12.5. The highest BCUT2D eigenvalue weighted by Gasteiger charge is 2.17. The van der Waals surface area contributed by atoms with Gasteiger partial charge < -0.3 is 16.2 Å². The number of aromatic nitrogens is 3. The second-order valence-electron chi connectivity index (χ2n) is 5.30. The fourth-order valence-corrected chi connectivity index (χ4v) is 2.25. The summed E-state index contributed by atoms with van der Waals surface area (Å²) in [6.45, 7) is 0.148. The van der Waals surface area contributed by atoms with Crippen LogP contribution in [0.1, 0.15) is 32.2 Å². The maximum atomic E-state index is 12.3. The van der Waals surface area contributed by atoms with E-state index in [0.717, 1.165) is 0 Å². The van der Waals surface area contributed by atoms with Gasteiger partial charge in [0.2, 0.25) is 0 Å². The topological polar surface area (TPSA) is 155 Å². The van der Waals surface area contributed by atoms with Crippen LogP contribution in [0, 0.1) is 11.3 Å². The maximum absolute atomic E-state index is 12.3. The number of fused-ring (bicyclic) bond motifs is 1. The van der Waals surface area contributed by atoms with E-state index in [2.05, 4.69) is 20.3 Å². The number of nitrogens with one attached hydrogen (secondary N) is 1. The Hall–Kier alpha value is -4.06. The van der Waals surface area contributed by atoms with Gasteiger partial charge in [-0.15, -0.1) is 0 Å². The molecule has 26 heavy (non-hydrogen) atoms. The van der Waals surface area contributed by atoms with E-state index in [0.29, 0.717) is 5.56 Å². The largest absolute Gasteiger partial charge is 0.505 e. The molecule has 3 aromatic rings. The lowest BCUT2D eigenvalue weighted by molar-refractivity contribution is 0.0941. The molecule has 0 bridgehead atoms. The number of carbonyl (C=O) groups excluding carboxylic acids is 2. The van der Waals surface area contributed by atoms with E-state index >= 15 is 0 Å². The van der Waals surface area contributed by atoms with Crippen LogP contribution in [0.5, 0.6) is 5.75 Å². The highest BCUT2D eigenvalue weighted by molar-refractivity contribution is 6.01. The van der Waals surface area contributed by atoms with Gasteiger partial charge in [-0.3, -0.25) is 9.59 Å². The molecule has 3 aromatic heterocycles. The molecule has 0 aromatic carbocycles. The fourth-order valence-electron chi connectivity index (χ4n) is 2.25. The van der Waals surface area contributed by atoms with Crippen LogP contribution in [0.2, 0.25) is 0 Å². The van der Waals surface area contributed by atoms with Gasteiger partial charge in [0.15, 0.2) is 11.4 Å². The van der Waals surface area contributed by atoms with Crippen LogP contribution in [0.25, 0.3) is 10.9 Å². The molecule has 3 rings (SSSR count). The third-order valence-electron chi connectivity index (χ3n) is 3.58. The number of amides is 2. The normalized spacial score (nSPS) is 10.3. The molecule has 0 aliphatic heterocycles. The zero-order valence-electron chi connectivity index (χ0n) is 13.3. The lowest BCUT2D eigenvalue weighted by Gasteiger charge is -2.08. The fraction of sp³-hybridized carbons (Fsp3) is 0.0588. The van der Waals surface area contributed by atoms with Crippen LogP contribution in [0.15, 0.2) is 36.7 Å². The lowest BCUT2D eigenvalue weighted by Crippen LogP contribution is -2.24. The van der Waals surface area contributed by atoms with Crippen LogP contribution < -0.4 is 11.1 Å². The predicted octanol–water partition coefficient (Wildman–Crippen LogP) is 0.631. The number of hydrogen-bond acceptors (Lipinski definition) is 7. The van der Waals surface area contributed by atoms with Crippen LogP contribution in [0.4, 0.5) is 0 Å². The van der Waals surface area contributed by atoms with E-state index in [1.807, 2.05) is 6.07 Å². The Kier molecular flexibility index (Phi) is 4.40. The van der Waals surface area contributed by atoms with Crippen LogP contribution in [0.3, 0.4) is 0 Å². The van der Waals surface area contributed by atoms with Crippen molar-refractivity contribution in [3.8, 4) is 11.8 Å². The molecule has 0 saturated heterocycles. The van der Waals surface area contributed by atoms with Crippen molar-refractivity contribution in [1.82, 2.24) is 20.3 Å². The first kappa shape index (κ1) is 16.8. The number of nitriles is 1. The van der Waals surface area contributed by atoms with Crippen molar-refractivity contribution in [3.63, 3.8) is 0 Å². The Balaban J connectivity index is 1.81. The summed E-state index contributed by atoms with van der Waals surface area (Å²) in [5.41, 5.74) is 6.22. The van der Waals surface area contributed by atoms with E-state index in [1.165, 1.54) is 30.6 Å². The molecule has 4 N–H and O–H groups in total. The van der Waals surface area contributed by atoms with Crippen molar-refractivity contribution in [3.05, 3.63) is 59.3 Å². The Morgan fingerprint density at radius 2 is 2.00 bits per heavy atom. The predicted molar refractivity (Wildman–Crippen MR) is 89.8 cm³/mol. The zero-order valence-corrected chi connectivity index (χ0v) is 13.3. The molecule has 9 nitrogen and oxygen atoms in total. The molecule has 0 atom stereocenters. The molecule has 0 aliphatic carbocycles. The SMILES string of the molecule is N#Cc1ccc(CNC(=O)c2ncc3nc(C(N)=O)ccc3c2O)cn1. The summed E-state index contributed by atoms with van der Waals surface area (Å²) >= 11 is 0. The molecule has 0 fully saturated rings. The van der Waals surface area contributed by atoms with E-state index in [-0.39, 0.29) is 40.3 Å². The smallest absolute Gasteiger partial charge is 0.274 e. The Labute approximate surface area is 147 Å². The lowest BCUT2D eigenvalue weighted by atomic mass is 10.1. The van der Waals surface area contributed by atoms with Gasteiger partial charge in [0.25, 0.3) is 11.8 Å². The molecule has 128 valence electrons. The number of primary amides is 1. The van der Waals surface area contributed by atoms with Crippen molar-refractivity contribution >= 4 is 22.7 Å². The van der Waals surface area contributed by atoms with Gasteiger partial charge >= 0.3 is 0 Å². The van der Waals surface area contributed by atoms with Crippen molar-refractivity contribution in [1.29, 1.82) is 5.26 Å². The van der Waals surface area contributed by atoms with E-state index in [1.54, 1.807) is 6.07 Å². The summed E-state index contributed by atoms with van der Waals surface area (Å²) in [6.07, 6.45) is 2.75. The molecule has 0 aliphatic rings. The highest BCUT2D eigenvalue weighted by atomic mass is 16.3. The number of nitrogens with zero attached hydrogens (tertiary/aromatic N) is 4. The summed E-state index contributed by atoms with van der Waals surface area (Å²) < 4.78 is 0. The van der Waals surface area contributed by atoms with E-state index < -0.39 is 11.8 Å². The number of carbonyl (C=O) groups is 2. The first-order valence-electron chi connectivity index (χ1n) is 7.41. The summed E-state index contributed by atoms with van der Waals surface area (Å²) in [7, 11) is 0. The summed E-state index contributed by atoms with van der Waals surface area (Å²) in [5, 5.41) is 21.9. The molecule has 0 saturated carbocycles. The minimum absolute atomic E-state index is 0.0317. The Morgan fingerprint density at radius 3 is 2.65 bits per heavy atom. The molecule has 0 radical (unpaired) electrons. The third kappa shape index (κ3) is 3.25. The average molecular weight is 348 g/mol. The van der Waals surface area contributed by atoms with E-state index in [9.17, 15) is 14.7 Å². The van der Waals surface area contributed by atoms with Gasteiger partial charge in [0, 0.05) is 18.1 Å². The molecule has 0 spiro atoms. The van der Waals surface area contributed by atoms with Gasteiger partial charge in [0.05, 0.1) is 11.7 Å². The molecular weight excluding hydrogens is 336 g/mol. The van der Waals surface area contributed by atoms with Crippen molar-refractivity contribution in [2.75, 3.05) is 0 Å². The van der Waals surface area contributed by atoms with Gasteiger partial charge in [0.1, 0.15) is 17.5 Å². The molecule has 3 heterocycles. The molecule has 9 heteroatoms. The Bertz CT molecular complexity index is 1060. The highest BCUT2D eigenvalue weighted by Crippen LogP contribution is 2.26. The quantitative estimate of drug-likeness (QED) is 0.624. The summed E-state index contributed by atoms with van der Waals surface area (Å²) in [4.78, 5) is 35.2. The van der Waals surface area contributed by atoms with E-state index in [4.69, 9.17) is 11.0 Å². The third-order valence-corrected chi connectivity index (χ3v) is 3.58. The number of rotatable bonds is 4. The van der Waals surface area contributed by atoms with Crippen LogP contribution in [-0.4, -0.2) is 31.9 Å². The number of nitrogens with two attached hydrogens (primary N) is 1. The number of hydrogen-bond donors (Lipinski definition) is 3. The van der Waals surface area contributed by atoms with Gasteiger partial charge in [-0.05, 0) is 23.8 Å². The minimum atomic E-state index is -0.704. The summed E-state index contributed by atoms with van der Waals surface area (Å²) in [6, 6.07) is 7.90. The Morgan fingerprint density at radius 1 is 1.19 bits per heavy atom. The van der Waals surface area contributed by atoms with Crippen LogP contribution >= 0.6 is 0 Å². The second kappa shape index (κ2) is 6.82. The average Bonchev–Trinajstić information content (AvgIpc) is 2.66. The van der Waals surface area contributed by atoms with Gasteiger partial charge in [-0.2, -0.15) is 5.26 Å². The number of aromatic hydroxyl groups is 1. The zero-order chi connectivity index (χ0) is 18.7. The van der Waals surface area contributed by atoms with Crippen LogP contribution in [-0.2, 0) is 6.54 Å². The minimum Gasteiger partial charge on any atom is -0.505 e. The number of pyridine rings is 3. The molecular formula is C17H12N6O3. The van der Waals surface area contributed by atoms with Crippen molar-refractivity contribution < 1.29 is 14.7 Å². The molecule has 2 amide bonds. The monoisotopic (exact) mass is 348 g/mol. The summed E-state index contributed by atoms with van der Waals surface area (Å²) in [5.74, 6) is -1.64. The van der Waals surface area contributed by atoms with Gasteiger partial charge in [-0.1, -0.05) is 6.07 Å². The van der Waals surface area contributed by atoms with Gasteiger partial charge in [-0.25, -0.2) is 15.0 Å². The second-order valence-corrected chi connectivity index (χ2v) is 5.30. The molecule has 0 unspecified atom stereocenters. The first-order valence-corrected chi connectivity index (χ1v) is 7.41. The standard InChI is InChI=1S/C17H12N6O3/c18-5-10-2-1-9(6-20-10)7-22-17(26)14-15(24)11-3-4-12(16(19)25)23-13(11)8-21-14/h1-4,6,8,24H,7H2,(H2,19,25)(H,22,26).